The lowest BCUT2D eigenvalue weighted by molar-refractivity contribution is -0.118. The van der Waals surface area contributed by atoms with Crippen LogP contribution in [0.3, 0.4) is 0 Å². The summed E-state index contributed by atoms with van der Waals surface area (Å²) in [6, 6.07) is 22.3. The number of anilines is 1. The van der Waals surface area contributed by atoms with E-state index in [-0.39, 0.29) is 5.91 Å². The van der Waals surface area contributed by atoms with Crippen LogP contribution in [0.15, 0.2) is 79.1 Å². The average Bonchev–Trinajstić information content (AvgIpc) is 3.43. The van der Waals surface area contributed by atoms with Crippen LogP contribution in [0.4, 0.5) is 5.69 Å². The van der Waals surface area contributed by atoms with Gasteiger partial charge in [0.15, 0.2) is 0 Å². The summed E-state index contributed by atoms with van der Waals surface area (Å²) in [6.45, 7) is 0. The largest absolute Gasteiger partial charge is 0.497 e. The number of aryl methyl sites for hydroxylation is 2. The molecule has 6 rings (SSSR count). The second kappa shape index (κ2) is 6.50. The first-order chi connectivity index (χ1) is 15.6. The van der Waals surface area contributed by atoms with Crippen LogP contribution in [-0.4, -0.2) is 22.2 Å². The van der Waals surface area contributed by atoms with E-state index in [0.717, 1.165) is 49.9 Å². The van der Waals surface area contributed by atoms with E-state index in [9.17, 15) is 4.79 Å². The molecule has 5 nitrogen and oxygen atoms in total. The van der Waals surface area contributed by atoms with Gasteiger partial charge in [-0.05, 0) is 30.3 Å². The number of rotatable bonds is 3. The highest BCUT2D eigenvalue weighted by molar-refractivity contribution is 6.15. The van der Waals surface area contributed by atoms with Gasteiger partial charge in [-0.25, -0.2) is 0 Å². The number of amides is 1. The number of methoxy groups -OCH3 is 1. The molecule has 0 unspecified atom stereocenters. The van der Waals surface area contributed by atoms with E-state index in [1.54, 1.807) is 7.11 Å². The van der Waals surface area contributed by atoms with E-state index in [4.69, 9.17) is 4.74 Å². The Morgan fingerprint density at radius 2 is 1.34 bits per heavy atom. The number of hydrogen-bond acceptors (Lipinski definition) is 2. The highest BCUT2D eigenvalue weighted by atomic mass is 16.5. The van der Waals surface area contributed by atoms with Crippen molar-refractivity contribution in [2.45, 2.75) is 5.41 Å². The summed E-state index contributed by atoms with van der Waals surface area (Å²) in [4.78, 5) is 14.1. The van der Waals surface area contributed by atoms with Gasteiger partial charge in [-0.1, -0.05) is 36.4 Å². The lowest BCUT2D eigenvalue weighted by Crippen LogP contribution is -2.36. The third-order valence-electron chi connectivity index (χ3n) is 6.82. The molecule has 0 spiro atoms. The smallest absolute Gasteiger partial charge is 0.244 e. The van der Waals surface area contributed by atoms with Gasteiger partial charge in [0.2, 0.25) is 5.91 Å². The molecule has 32 heavy (non-hydrogen) atoms. The summed E-state index contributed by atoms with van der Waals surface area (Å²) in [6.07, 6.45) is 4.20. The maximum atomic E-state index is 14.1. The zero-order valence-electron chi connectivity index (χ0n) is 18.2. The minimum atomic E-state index is -1.01. The van der Waals surface area contributed by atoms with Crippen molar-refractivity contribution in [2.24, 2.45) is 14.1 Å². The number of ether oxygens (including phenoxy) is 1. The maximum Gasteiger partial charge on any atom is 0.244 e. The molecular formula is C27H23N3O2. The molecule has 3 aromatic carbocycles. The van der Waals surface area contributed by atoms with Gasteiger partial charge in [-0.15, -0.1) is 0 Å². The first-order valence-corrected chi connectivity index (χ1v) is 10.6. The van der Waals surface area contributed by atoms with Gasteiger partial charge in [0.25, 0.3) is 0 Å². The third-order valence-corrected chi connectivity index (χ3v) is 6.82. The molecule has 0 saturated carbocycles. The summed E-state index contributed by atoms with van der Waals surface area (Å²) in [5.74, 6) is 0.679. The number of benzene rings is 3. The van der Waals surface area contributed by atoms with E-state index < -0.39 is 5.41 Å². The fourth-order valence-electron chi connectivity index (χ4n) is 5.37. The van der Waals surface area contributed by atoms with Crippen LogP contribution in [-0.2, 0) is 24.3 Å². The summed E-state index contributed by atoms with van der Waals surface area (Å²) < 4.78 is 9.78. The summed E-state index contributed by atoms with van der Waals surface area (Å²) in [5, 5.41) is 5.30. The minimum absolute atomic E-state index is 0.0477. The quantitative estimate of drug-likeness (QED) is 0.447. The molecule has 0 atom stereocenters. The number of fused-ring (bicyclic) bond motifs is 3. The van der Waals surface area contributed by atoms with E-state index in [0.29, 0.717) is 0 Å². The zero-order valence-corrected chi connectivity index (χ0v) is 18.2. The minimum Gasteiger partial charge on any atom is -0.497 e. The lowest BCUT2D eigenvalue weighted by atomic mass is 9.70. The standard InChI is InChI=1S/C27H23N3O2/c1-29-15-21(18-8-4-6-10-24(18)29)27(22-16-30(2)25-11-7-5-9-19(22)25)20-14-17(32-3)12-13-23(20)28-26(27)31/h4-16H,1-3H3,(H,28,31). The van der Waals surface area contributed by atoms with E-state index in [1.165, 1.54) is 0 Å². The number of hydrogen-bond donors (Lipinski definition) is 1. The Balaban J connectivity index is 1.82. The van der Waals surface area contributed by atoms with Crippen molar-refractivity contribution in [3.8, 4) is 5.75 Å². The van der Waals surface area contributed by atoms with Crippen LogP contribution in [0.25, 0.3) is 21.8 Å². The second-order valence-electron chi connectivity index (χ2n) is 8.46. The van der Waals surface area contributed by atoms with E-state index in [1.807, 2.05) is 56.6 Å². The highest BCUT2D eigenvalue weighted by Gasteiger charge is 2.52. The Morgan fingerprint density at radius 1 is 0.781 bits per heavy atom. The van der Waals surface area contributed by atoms with Gasteiger partial charge in [0.1, 0.15) is 11.2 Å². The van der Waals surface area contributed by atoms with Gasteiger partial charge in [-0.2, -0.15) is 0 Å². The summed E-state index contributed by atoms with van der Waals surface area (Å²) in [7, 11) is 5.72. The fourth-order valence-corrected chi connectivity index (χ4v) is 5.37. The van der Waals surface area contributed by atoms with Crippen molar-refractivity contribution in [1.29, 1.82) is 0 Å². The molecule has 1 N–H and O–H groups in total. The van der Waals surface area contributed by atoms with E-state index >= 15 is 0 Å². The van der Waals surface area contributed by atoms with Crippen LogP contribution < -0.4 is 10.1 Å². The maximum absolute atomic E-state index is 14.1. The Morgan fingerprint density at radius 3 is 1.91 bits per heavy atom. The molecule has 5 aromatic rings. The Hall–Kier alpha value is -3.99. The molecule has 0 saturated heterocycles. The van der Waals surface area contributed by atoms with Gasteiger partial charge in [0, 0.05) is 70.7 Å². The van der Waals surface area contributed by atoms with Crippen LogP contribution in [0.5, 0.6) is 5.75 Å². The molecule has 3 heterocycles. The molecule has 0 bridgehead atoms. The Bertz CT molecular complexity index is 1460. The monoisotopic (exact) mass is 421 g/mol. The first kappa shape index (κ1) is 18.8. The molecule has 0 aliphatic carbocycles. The number of nitrogens with zero attached hydrogens (tertiary/aromatic N) is 2. The topological polar surface area (TPSA) is 48.2 Å². The Kier molecular flexibility index (Phi) is 3.81. The number of aromatic nitrogens is 2. The molecule has 1 amide bonds. The molecule has 1 aliphatic rings. The van der Waals surface area contributed by atoms with Crippen molar-refractivity contribution in [3.63, 3.8) is 0 Å². The zero-order chi connectivity index (χ0) is 22.0. The normalized spacial score (nSPS) is 14.7. The average molecular weight is 422 g/mol. The number of carbonyl (C=O) groups excluding carboxylic acids is 1. The number of para-hydroxylation sites is 2. The van der Waals surface area contributed by atoms with Gasteiger partial charge in [0.05, 0.1) is 7.11 Å². The number of nitrogens with one attached hydrogen (secondary N) is 1. The van der Waals surface area contributed by atoms with Crippen LogP contribution in [0.1, 0.15) is 16.7 Å². The fraction of sp³-hybridized carbons (Fsp3) is 0.148. The van der Waals surface area contributed by atoms with E-state index in [2.05, 4.69) is 51.1 Å². The van der Waals surface area contributed by atoms with Crippen molar-refractivity contribution < 1.29 is 9.53 Å². The molecular weight excluding hydrogens is 398 g/mol. The predicted molar refractivity (Wildman–Crippen MR) is 127 cm³/mol. The van der Waals surface area contributed by atoms with Crippen LogP contribution >= 0.6 is 0 Å². The SMILES string of the molecule is COc1ccc2c(c1)C(c1cn(C)c3ccccc13)(c1cn(C)c3ccccc13)C(=O)N2. The van der Waals surface area contributed by atoms with Crippen molar-refractivity contribution in [2.75, 3.05) is 12.4 Å². The summed E-state index contributed by atoms with van der Waals surface area (Å²) in [5.41, 5.74) is 4.84. The molecule has 5 heteroatoms. The highest BCUT2D eigenvalue weighted by Crippen LogP contribution is 2.52. The van der Waals surface area contributed by atoms with Crippen molar-refractivity contribution in [1.82, 2.24) is 9.13 Å². The van der Waals surface area contributed by atoms with Gasteiger partial charge < -0.3 is 19.2 Å². The number of carbonyl (C=O) groups is 1. The third kappa shape index (κ3) is 2.25. The van der Waals surface area contributed by atoms with Crippen molar-refractivity contribution >= 4 is 33.4 Å². The second-order valence-corrected chi connectivity index (χ2v) is 8.46. The predicted octanol–water partition coefficient (Wildman–Crippen LogP) is 4.97. The molecule has 0 radical (unpaired) electrons. The Labute approximate surface area is 185 Å². The molecule has 0 fully saturated rings. The van der Waals surface area contributed by atoms with Gasteiger partial charge >= 0.3 is 0 Å². The first-order valence-electron chi connectivity index (χ1n) is 10.6. The van der Waals surface area contributed by atoms with Gasteiger partial charge in [-0.3, -0.25) is 4.79 Å². The van der Waals surface area contributed by atoms with Crippen LogP contribution in [0, 0.1) is 0 Å². The lowest BCUT2D eigenvalue weighted by Gasteiger charge is -2.28. The molecule has 158 valence electrons. The van der Waals surface area contributed by atoms with Crippen LogP contribution in [0.2, 0.25) is 0 Å². The molecule has 1 aliphatic heterocycles. The van der Waals surface area contributed by atoms with Crippen molar-refractivity contribution in [3.05, 3.63) is 95.8 Å². The molecule has 2 aromatic heterocycles. The summed E-state index contributed by atoms with van der Waals surface area (Å²) >= 11 is 0.